The van der Waals surface area contributed by atoms with Crippen molar-refractivity contribution in [2.24, 2.45) is 5.41 Å². The second-order valence-electron chi connectivity index (χ2n) is 7.91. The van der Waals surface area contributed by atoms with E-state index in [2.05, 4.69) is 44.8 Å². The lowest BCUT2D eigenvalue weighted by atomic mass is 9.84. The summed E-state index contributed by atoms with van der Waals surface area (Å²) in [4.78, 5) is 2.50. The fourth-order valence-electron chi connectivity index (χ4n) is 3.25. The molecule has 126 valence electrons. The number of likely N-dealkylation sites (tertiary alicyclic amines) is 1. The first kappa shape index (κ1) is 18.9. The number of nitrogens with zero attached hydrogens (tertiary/aromatic N) is 1. The summed E-state index contributed by atoms with van der Waals surface area (Å²) in [5, 5.41) is 3.68. The lowest BCUT2D eigenvalue weighted by Crippen LogP contribution is -2.47. The predicted molar refractivity (Wildman–Crippen MR) is 88.8 cm³/mol. The average Bonchev–Trinajstić information content (AvgIpc) is 2.78. The van der Waals surface area contributed by atoms with Gasteiger partial charge in [-0.3, -0.25) is 4.90 Å². The molecule has 1 N–H and O–H groups in total. The van der Waals surface area contributed by atoms with Gasteiger partial charge in [0.15, 0.2) is 0 Å². The van der Waals surface area contributed by atoms with Crippen LogP contribution in [0.3, 0.4) is 0 Å². The van der Waals surface area contributed by atoms with Gasteiger partial charge in [0.05, 0.1) is 12.2 Å². The van der Waals surface area contributed by atoms with Gasteiger partial charge in [0, 0.05) is 45.9 Å². The molecule has 0 aromatic rings. The summed E-state index contributed by atoms with van der Waals surface area (Å²) >= 11 is 0. The summed E-state index contributed by atoms with van der Waals surface area (Å²) in [6, 6.07) is 0. The zero-order valence-corrected chi connectivity index (χ0v) is 15.2. The lowest BCUT2D eigenvalue weighted by Gasteiger charge is -2.36. The topological polar surface area (TPSA) is 33.7 Å². The fourth-order valence-corrected chi connectivity index (χ4v) is 3.25. The zero-order valence-electron chi connectivity index (χ0n) is 15.2. The molecule has 0 saturated carbocycles. The Labute approximate surface area is 131 Å². The normalized spacial score (nSPS) is 27.0. The Morgan fingerprint density at radius 1 is 1.05 bits per heavy atom. The first-order valence-corrected chi connectivity index (χ1v) is 8.26. The van der Waals surface area contributed by atoms with Gasteiger partial charge in [-0.15, -0.1) is 0 Å². The highest BCUT2D eigenvalue weighted by atomic mass is 16.5. The fraction of sp³-hybridized carbons (Fsp3) is 1.00. The van der Waals surface area contributed by atoms with E-state index in [1.165, 1.54) is 12.8 Å². The number of hydrogen-bond acceptors (Lipinski definition) is 4. The Morgan fingerprint density at radius 2 is 1.57 bits per heavy atom. The molecule has 3 unspecified atom stereocenters. The van der Waals surface area contributed by atoms with Gasteiger partial charge in [-0.25, -0.2) is 0 Å². The van der Waals surface area contributed by atoms with E-state index in [1.807, 2.05) is 0 Å². The van der Waals surface area contributed by atoms with Gasteiger partial charge in [0.25, 0.3) is 0 Å². The van der Waals surface area contributed by atoms with Gasteiger partial charge in [0.2, 0.25) is 0 Å². The van der Waals surface area contributed by atoms with Crippen LogP contribution in [-0.2, 0) is 9.47 Å². The minimum atomic E-state index is 0.171. The van der Waals surface area contributed by atoms with Crippen molar-refractivity contribution in [3.05, 3.63) is 0 Å². The minimum absolute atomic E-state index is 0.171. The van der Waals surface area contributed by atoms with Crippen molar-refractivity contribution in [3.63, 3.8) is 0 Å². The molecule has 0 spiro atoms. The average molecular weight is 300 g/mol. The van der Waals surface area contributed by atoms with Crippen LogP contribution < -0.4 is 5.32 Å². The number of ether oxygens (including phenoxy) is 2. The largest absolute Gasteiger partial charge is 0.377 e. The van der Waals surface area contributed by atoms with Gasteiger partial charge < -0.3 is 14.8 Å². The van der Waals surface area contributed by atoms with Crippen molar-refractivity contribution in [2.45, 2.75) is 65.2 Å². The Hall–Kier alpha value is -0.160. The summed E-state index contributed by atoms with van der Waals surface area (Å²) in [6.45, 7) is 15.5. The molecule has 1 rings (SSSR count). The monoisotopic (exact) mass is 300 g/mol. The number of nitrogens with one attached hydrogen (secondary N) is 1. The summed E-state index contributed by atoms with van der Waals surface area (Å²) in [7, 11) is 3.57. The van der Waals surface area contributed by atoms with E-state index < -0.39 is 0 Å². The Balaban J connectivity index is 2.61. The van der Waals surface area contributed by atoms with Gasteiger partial charge in [-0.2, -0.15) is 0 Å². The van der Waals surface area contributed by atoms with Crippen LogP contribution in [0.1, 0.15) is 47.5 Å². The molecule has 0 radical (unpaired) electrons. The SMILES string of the molecule is CCCC(C)(CNC(C)(C)C)CN1CC(OC)C(OC)C1. The van der Waals surface area contributed by atoms with E-state index in [1.54, 1.807) is 14.2 Å². The molecule has 0 aliphatic carbocycles. The Morgan fingerprint density at radius 3 is 1.95 bits per heavy atom. The molecule has 4 heteroatoms. The second-order valence-corrected chi connectivity index (χ2v) is 7.91. The zero-order chi connectivity index (χ0) is 16.1. The maximum Gasteiger partial charge on any atom is 0.0971 e. The van der Waals surface area contributed by atoms with Crippen molar-refractivity contribution in [3.8, 4) is 0 Å². The lowest BCUT2D eigenvalue weighted by molar-refractivity contribution is -0.00461. The van der Waals surface area contributed by atoms with E-state index in [-0.39, 0.29) is 17.7 Å². The molecule has 0 aromatic heterocycles. The second kappa shape index (κ2) is 7.91. The van der Waals surface area contributed by atoms with Crippen LogP contribution in [0.25, 0.3) is 0 Å². The third-order valence-corrected chi connectivity index (χ3v) is 4.40. The van der Waals surface area contributed by atoms with Crippen LogP contribution >= 0.6 is 0 Å². The van der Waals surface area contributed by atoms with E-state index in [0.717, 1.165) is 26.2 Å². The van der Waals surface area contributed by atoms with Crippen molar-refractivity contribution in [1.29, 1.82) is 0 Å². The number of rotatable bonds is 8. The smallest absolute Gasteiger partial charge is 0.0971 e. The molecule has 21 heavy (non-hydrogen) atoms. The first-order chi connectivity index (χ1) is 9.73. The third-order valence-electron chi connectivity index (χ3n) is 4.40. The first-order valence-electron chi connectivity index (χ1n) is 8.26. The van der Waals surface area contributed by atoms with Gasteiger partial charge in [0.1, 0.15) is 0 Å². The molecule has 3 atom stereocenters. The van der Waals surface area contributed by atoms with Crippen LogP contribution in [0, 0.1) is 5.41 Å². The van der Waals surface area contributed by atoms with E-state index >= 15 is 0 Å². The number of hydrogen-bond donors (Lipinski definition) is 1. The highest BCUT2D eigenvalue weighted by molar-refractivity contribution is 4.91. The summed E-state index contributed by atoms with van der Waals surface area (Å²) in [6.07, 6.45) is 2.87. The molecule has 0 amide bonds. The van der Waals surface area contributed by atoms with Crippen LogP contribution in [0.15, 0.2) is 0 Å². The van der Waals surface area contributed by atoms with Crippen LogP contribution in [0.2, 0.25) is 0 Å². The molecule has 1 aliphatic heterocycles. The standard InChI is InChI=1S/C17H36N2O2/c1-8-9-17(5,12-18-16(2,3)4)13-19-10-14(20-6)15(11-19)21-7/h14-15,18H,8-13H2,1-7H3. The van der Waals surface area contributed by atoms with Crippen molar-refractivity contribution >= 4 is 0 Å². The van der Waals surface area contributed by atoms with Crippen molar-refractivity contribution in [1.82, 2.24) is 10.2 Å². The maximum absolute atomic E-state index is 5.55. The van der Waals surface area contributed by atoms with Crippen LogP contribution in [0.5, 0.6) is 0 Å². The molecule has 0 bridgehead atoms. The Bertz CT molecular complexity index is 292. The summed E-state index contributed by atoms with van der Waals surface area (Å²) in [5.41, 5.74) is 0.465. The van der Waals surface area contributed by atoms with Gasteiger partial charge >= 0.3 is 0 Å². The summed E-state index contributed by atoms with van der Waals surface area (Å²) < 4.78 is 11.1. The van der Waals surface area contributed by atoms with E-state index in [4.69, 9.17) is 9.47 Å². The van der Waals surface area contributed by atoms with E-state index in [0.29, 0.717) is 5.41 Å². The number of methoxy groups -OCH3 is 2. The molecular weight excluding hydrogens is 264 g/mol. The molecule has 1 aliphatic rings. The molecular formula is C17H36N2O2. The predicted octanol–water partition coefficient (Wildman–Crippen LogP) is 2.53. The minimum Gasteiger partial charge on any atom is -0.377 e. The molecule has 1 saturated heterocycles. The third kappa shape index (κ3) is 6.23. The van der Waals surface area contributed by atoms with Crippen molar-refractivity contribution < 1.29 is 9.47 Å². The molecule has 1 heterocycles. The molecule has 0 aromatic carbocycles. The summed E-state index contributed by atoms with van der Waals surface area (Å²) in [5.74, 6) is 0. The maximum atomic E-state index is 5.55. The highest BCUT2D eigenvalue weighted by Gasteiger charge is 2.36. The quantitative estimate of drug-likeness (QED) is 0.747. The Kier molecular flexibility index (Phi) is 7.11. The van der Waals surface area contributed by atoms with Crippen LogP contribution in [-0.4, -0.2) is 63.0 Å². The van der Waals surface area contributed by atoms with E-state index in [9.17, 15) is 0 Å². The van der Waals surface area contributed by atoms with Gasteiger partial charge in [-0.1, -0.05) is 20.3 Å². The molecule has 4 nitrogen and oxygen atoms in total. The van der Waals surface area contributed by atoms with Gasteiger partial charge in [-0.05, 0) is 32.6 Å². The van der Waals surface area contributed by atoms with Crippen LogP contribution in [0.4, 0.5) is 0 Å². The van der Waals surface area contributed by atoms with Crippen molar-refractivity contribution in [2.75, 3.05) is 40.4 Å². The highest BCUT2D eigenvalue weighted by Crippen LogP contribution is 2.27. The molecule has 1 fully saturated rings.